The molecule has 1 aromatic carbocycles. The maximum atomic E-state index is 12.2. The molecule has 5 heteroatoms. The summed E-state index contributed by atoms with van der Waals surface area (Å²) < 4.78 is 0. The molecule has 0 spiro atoms. The van der Waals surface area contributed by atoms with Crippen LogP contribution in [-0.2, 0) is 0 Å². The molecule has 118 valence electrons. The van der Waals surface area contributed by atoms with Gasteiger partial charge in [0.25, 0.3) is 5.91 Å². The number of hydrogen-bond donors (Lipinski definition) is 2. The predicted octanol–water partition coefficient (Wildman–Crippen LogP) is 3.48. The number of aromatic nitrogens is 1. The smallest absolute Gasteiger partial charge is 0.267 e. The first-order chi connectivity index (χ1) is 10.7. The summed E-state index contributed by atoms with van der Waals surface area (Å²) in [6, 6.07) is 12.0. The lowest BCUT2D eigenvalue weighted by molar-refractivity contribution is 0.0930. The number of aromatic amines is 1. The molecule has 22 heavy (non-hydrogen) atoms. The molecule has 0 bridgehead atoms. The second-order valence-corrected chi connectivity index (χ2v) is 5.53. The van der Waals surface area contributed by atoms with Crippen LogP contribution in [-0.4, -0.2) is 35.4 Å². The molecule has 0 aliphatic heterocycles. The third-order valence-electron chi connectivity index (χ3n) is 3.79. The molecule has 0 fully saturated rings. The molecule has 0 aliphatic carbocycles. The zero-order valence-corrected chi connectivity index (χ0v) is 13.7. The highest BCUT2D eigenvalue weighted by atomic mass is 35.5. The number of hydrogen-bond acceptors (Lipinski definition) is 2. The van der Waals surface area contributed by atoms with E-state index in [-0.39, 0.29) is 11.9 Å². The SMILES string of the molecule is CCN(CC)C(CNC(=O)c1cc(Cl)c[nH]1)c1ccccc1. The number of rotatable bonds is 7. The van der Waals surface area contributed by atoms with E-state index in [4.69, 9.17) is 11.6 Å². The van der Waals surface area contributed by atoms with Crippen LogP contribution in [0.4, 0.5) is 0 Å². The van der Waals surface area contributed by atoms with Crippen LogP contribution in [0, 0.1) is 0 Å². The van der Waals surface area contributed by atoms with E-state index >= 15 is 0 Å². The Bertz CT molecular complexity index is 593. The van der Waals surface area contributed by atoms with E-state index in [1.165, 1.54) is 5.56 Å². The molecular weight excluding hydrogens is 298 g/mol. The van der Waals surface area contributed by atoms with Gasteiger partial charge in [0.1, 0.15) is 5.69 Å². The zero-order chi connectivity index (χ0) is 15.9. The molecule has 1 amide bonds. The average Bonchev–Trinajstić information content (AvgIpc) is 2.98. The van der Waals surface area contributed by atoms with Crippen molar-refractivity contribution in [3.63, 3.8) is 0 Å². The van der Waals surface area contributed by atoms with Gasteiger partial charge in [-0.25, -0.2) is 0 Å². The van der Waals surface area contributed by atoms with Crippen LogP contribution < -0.4 is 5.32 Å². The molecule has 2 rings (SSSR count). The lowest BCUT2D eigenvalue weighted by Crippen LogP contribution is -2.38. The molecule has 1 atom stereocenters. The summed E-state index contributed by atoms with van der Waals surface area (Å²) in [4.78, 5) is 17.4. The summed E-state index contributed by atoms with van der Waals surface area (Å²) >= 11 is 5.84. The fourth-order valence-electron chi connectivity index (χ4n) is 2.58. The van der Waals surface area contributed by atoms with Crippen molar-refractivity contribution < 1.29 is 4.79 Å². The number of halogens is 1. The molecule has 1 heterocycles. The molecule has 0 radical (unpaired) electrons. The predicted molar refractivity (Wildman–Crippen MR) is 90.2 cm³/mol. The van der Waals surface area contributed by atoms with Crippen LogP contribution in [0.2, 0.25) is 5.02 Å². The van der Waals surface area contributed by atoms with Gasteiger partial charge in [-0.15, -0.1) is 0 Å². The highest BCUT2D eigenvalue weighted by Gasteiger charge is 2.19. The van der Waals surface area contributed by atoms with Crippen molar-refractivity contribution in [1.82, 2.24) is 15.2 Å². The minimum atomic E-state index is -0.139. The second-order valence-electron chi connectivity index (χ2n) is 5.09. The van der Waals surface area contributed by atoms with Gasteiger partial charge in [-0.05, 0) is 24.7 Å². The quantitative estimate of drug-likeness (QED) is 0.821. The van der Waals surface area contributed by atoms with E-state index in [9.17, 15) is 4.79 Å². The molecule has 4 nitrogen and oxygen atoms in total. The Morgan fingerprint density at radius 3 is 2.50 bits per heavy atom. The molecule has 0 aliphatic rings. The van der Waals surface area contributed by atoms with Crippen LogP contribution in [0.25, 0.3) is 0 Å². The molecule has 2 N–H and O–H groups in total. The fourth-order valence-corrected chi connectivity index (χ4v) is 2.74. The normalized spacial score (nSPS) is 12.4. The van der Waals surface area contributed by atoms with Gasteiger partial charge in [0.2, 0.25) is 0 Å². The van der Waals surface area contributed by atoms with E-state index in [0.29, 0.717) is 17.3 Å². The Hall–Kier alpha value is -1.78. The highest BCUT2D eigenvalue weighted by molar-refractivity contribution is 6.30. The van der Waals surface area contributed by atoms with Gasteiger partial charge >= 0.3 is 0 Å². The Kier molecular flexibility index (Phi) is 6.04. The van der Waals surface area contributed by atoms with Gasteiger partial charge in [-0.1, -0.05) is 55.8 Å². The van der Waals surface area contributed by atoms with Crippen molar-refractivity contribution in [3.05, 3.63) is 58.9 Å². The first kappa shape index (κ1) is 16.6. The van der Waals surface area contributed by atoms with E-state index in [1.54, 1.807) is 12.3 Å². The number of benzene rings is 1. The summed E-state index contributed by atoms with van der Waals surface area (Å²) in [5.41, 5.74) is 1.69. The van der Waals surface area contributed by atoms with Gasteiger partial charge in [-0.3, -0.25) is 9.69 Å². The minimum absolute atomic E-state index is 0.139. The monoisotopic (exact) mass is 319 g/mol. The van der Waals surface area contributed by atoms with Gasteiger partial charge in [-0.2, -0.15) is 0 Å². The van der Waals surface area contributed by atoms with Gasteiger partial charge in [0.05, 0.1) is 11.1 Å². The molecule has 1 unspecified atom stereocenters. The topological polar surface area (TPSA) is 48.1 Å². The second kappa shape index (κ2) is 8.01. The Labute approximate surface area is 136 Å². The third-order valence-corrected chi connectivity index (χ3v) is 4.00. The van der Waals surface area contributed by atoms with Crippen LogP contribution in [0.5, 0.6) is 0 Å². The van der Waals surface area contributed by atoms with Crippen LogP contribution in [0.15, 0.2) is 42.6 Å². The first-order valence-corrected chi connectivity index (χ1v) is 7.94. The van der Waals surface area contributed by atoms with Crippen LogP contribution >= 0.6 is 11.6 Å². The van der Waals surface area contributed by atoms with Gasteiger partial charge in [0, 0.05) is 12.7 Å². The van der Waals surface area contributed by atoms with Gasteiger partial charge in [0.15, 0.2) is 0 Å². The lowest BCUT2D eigenvalue weighted by Gasteiger charge is -2.30. The van der Waals surface area contributed by atoms with Crippen molar-refractivity contribution in [2.45, 2.75) is 19.9 Å². The average molecular weight is 320 g/mol. The van der Waals surface area contributed by atoms with Crippen molar-refractivity contribution >= 4 is 17.5 Å². The highest BCUT2D eigenvalue weighted by Crippen LogP contribution is 2.19. The number of H-pyrrole nitrogens is 1. The molecular formula is C17H22ClN3O. The molecule has 2 aromatic rings. The summed E-state index contributed by atoms with van der Waals surface area (Å²) in [6.07, 6.45) is 1.61. The number of amides is 1. The summed E-state index contributed by atoms with van der Waals surface area (Å²) in [6.45, 7) is 6.68. The summed E-state index contributed by atoms with van der Waals surface area (Å²) in [5, 5.41) is 3.53. The summed E-state index contributed by atoms with van der Waals surface area (Å²) in [5.74, 6) is -0.139. The zero-order valence-electron chi connectivity index (χ0n) is 13.0. The van der Waals surface area contributed by atoms with Crippen LogP contribution in [0.3, 0.4) is 0 Å². The van der Waals surface area contributed by atoms with E-state index in [0.717, 1.165) is 13.1 Å². The van der Waals surface area contributed by atoms with E-state index < -0.39 is 0 Å². The number of likely N-dealkylation sites (N-methyl/N-ethyl adjacent to an activating group) is 1. The maximum Gasteiger partial charge on any atom is 0.267 e. The largest absolute Gasteiger partial charge is 0.356 e. The van der Waals surface area contributed by atoms with Gasteiger partial charge < -0.3 is 10.3 Å². The molecule has 0 saturated carbocycles. The first-order valence-electron chi connectivity index (χ1n) is 7.56. The third kappa shape index (κ3) is 4.12. The molecule has 1 aromatic heterocycles. The van der Waals surface area contributed by atoms with Crippen molar-refractivity contribution in [2.75, 3.05) is 19.6 Å². The number of nitrogens with one attached hydrogen (secondary N) is 2. The number of carbonyl (C=O) groups is 1. The maximum absolute atomic E-state index is 12.2. The van der Waals surface area contributed by atoms with Crippen LogP contribution in [0.1, 0.15) is 35.9 Å². The number of carbonyl (C=O) groups excluding carboxylic acids is 1. The van der Waals surface area contributed by atoms with Crippen molar-refractivity contribution in [1.29, 1.82) is 0 Å². The summed E-state index contributed by atoms with van der Waals surface area (Å²) in [7, 11) is 0. The van der Waals surface area contributed by atoms with E-state index in [2.05, 4.69) is 41.2 Å². The Balaban J connectivity index is 2.08. The Morgan fingerprint density at radius 1 is 1.27 bits per heavy atom. The molecule has 0 saturated heterocycles. The standard InChI is InChI=1S/C17H22ClN3O/c1-3-21(4-2)16(13-8-6-5-7-9-13)12-20-17(22)15-10-14(18)11-19-15/h5-11,16,19H,3-4,12H2,1-2H3,(H,20,22). The van der Waals surface area contributed by atoms with Crippen molar-refractivity contribution in [2.24, 2.45) is 0 Å². The minimum Gasteiger partial charge on any atom is -0.356 e. The lowest BCUT2D eigenvalue weighted by atomic mass is 10.1. The number of nitrogens with zero attached hydrogens (tertiary/aromatic N) is 1. The fraction of sp³-hybridized carbons (Fsp3) is 0.353. The van der Waals surface area contributed by atoms with E-state index in [1.807, 2.05) is 18.2 Å². The Morgan fingerprint density at radius 2 is 1.95 bits per heavy atom. The van der Waals surface area contributed by atoms with Crippen molar-refractivity contribution in [3.8, 4) is 0 Å².